The number of rotatable bonds is 6. The molecule has 1 amide bonds. The second-order valence-electron chi connectivity index (χ2n) is 7.62. The second kappa shape index (κ2) is 9.11. The van der Waals surface area contributed by atoms with Crippen LogP contribution in [0.25, 0.3) is 11.3 Å². The smallest absolute Gasteiger partial charge is 0.252 e. The Labute approximate surface area is 196 Å². The highest BCUT2D eigenvalue weighted by Crippen LogP contribution is 2.43. The topological polar surface area (TPSA) is 97.8 Å². The summed E-state index contributed by atoms with van der Waals surface area (Å²) >= 11 is 0. The number of ether oxygens (including phenoxy) is 3. The molecule has 8 heteroatoms. The Morgan fingerprint density at radius 1 is 1.00 bits per heavy atom. The fourth-order valence-electron chi connectivity index (χ4n) is 4.04. The number of fused-ring (bicyclic) bond motifs is 2. The molecule has 1 aromatic heterocycles. The first-order valence-electron chi connectivity index (χ1n) is 10.6. The lowest BCUT2D eigenvalue weighted by Gasteiger charge is -2.26. The molecular weight excluding hydrogens is 432 g/mol. The molecule has 3 aromatic carbocycles. The molecular formula is C26H22N4O4. The van der Waals surface area contributed by atoms with Gasteiger partial charge in [-0.1, -0.05) is 36.4 Å². The fourth-order valence-corrected chi connectivity index (χ4v) is 4.04. The highest BCUT2D eigenvalue weighted by molar-refractivity contribution is 5.92. The average molecular weight is 454 g/mol. The number of nitrogens with one attached hydrogen (secondary N) is 2. The van der Waals surface area contributed by atoms with Crippen LogP contribution in [-0.4, -0.2) is 36.5 Å². The summed E-state index contributed by atoms with van der Waals surface area (Å²) in [5.74, 6) is 1.77. The van der Waals surface area contributed by atoms with Crippen molar-refractivity contribution < 1.29 is 19.0 Å². The second-order valence-corrected chi connectivity index (χ2v) is 7.62. The molecule has 0 unspecified atom stereocenters. The van der Waals surface area contributed by atoms with Gasteiger partial charge in [-0.15, -0.1) is 0 Å². The van der Waals surface area contributed by atoms with E-state index >= 15 is 0 Å². The van der Waals surface area contributed by atoms with Crippen molar-refractivity contribution in [1.29, 1.82) is 0 Å². The third-order valence-corrected chi connectivity index (χ3v) is 5.66. The van der Waals surface area contributed by atoms with Crippen molar-refractivity contribution in [3.8, 4) is 34.3 Å². The normalized spacial score (nSPS) is 12.5. The molecule has 0 fully saturated rings. The largest absolute Gasteiger partial charge is 0.493 e. The zero-order valence-electron chi connectivity index (χ0n) is 18.6. The van der Waals surface area contributed by atoms with Crippen molar-refractivity contribution >= 4 is 12.1 Å². The van der Waals surface area contributed by atoms with E-state index in [1.54, 1.807) is 26.6 Å². The van der Waals surface area contributed by atoms with Gasteiger partial charge in [-0.25, -0.2) is 5.43 Å². The first kappa shape index (κ1) is 21.3. The van der Waals surface area contributed by atoms with E-state index in [4.69, 9.17) is 14.2 Å². The van der Waals surface area contributed by atoms with Crippen molar-refractivity contribution in [1.82, 2.24) is 15.6 Å². The van der Waals surface area contributed by atoms with E-state index in [-0.39, 0.29) is 5.91 Å². The maximum Gasteiger partial charge on any atom is 0.252 e. The Morgan fingerprint density at radius 3 is 2.35 bits per heavy atom. The molecule has 0 saturated heterocycles. The van der Waals surface area contributed by atoms with Gasteiger partial charge in [0.1, 0.15) is 11.5 Å². The van der Waals surface area contributed by atoms with Crippen LogP contribution in [0.3, 0.4) is 0 Å². The number of carbonyl (C=O) groups is 1. The molecule has 34 heavy (non-hydrogen) atoms. The number of amides is 1. The number of hydrazone groups is 1. The molecule has 0 saturated carbocycles. The van der Waals surface area contributed by atoms with Gasteiger partial charge in [-0.05, 0) is 30.3 Å². The Balaban J connectivity index is 1.39. The van der Waals surface area contributed by atoms with Gasteiger partial charge in [0, 0.05) is 22.3 Å². The lowest BCUT2D eigenvalue weighted by atomic mass is 9.87. The number of aromatic nitrogens is 2. The van der Waals surface area contributed by atoms with Crippen LogP contribution < -0.4 is 19.6 Å². The molecule has 2 heterocycles. The van der Waals surface area contributed by atoms with E-state index in [0.29, 0.717) is 28.6 Å². The molecule has 2 N–H and O–H groups in total. The minimum absolute atomic E-state index is 0.254. The molecule has 0 aliphatic carbocycles. The molecule has 0 spiro atoms. The van der Waals surface area contributed by atoms with Crippen molar-refractivity contribution in [3.05, 3.63) is 89.6 Å². The van der Waals surface area contributed by atoms with E-state index in [9.17, 15) is 4.79 Å². The number of hydrogen-bond acceptors (Lipinski definition) is 6. The molecule has 1 aliphatic heterocycles. The molecule has 8 nitrogen and oxygen atoms in total. The number of H-pyrrole nitrogens is 1. The average Bonchev–Trinajstić information content (AvgIpc) is 3.35. The molecule has 1 aliphatic rings. The van der Waals surface area contributed by atoms with Gasteiger partial charge in [0.25, 0.3) is 5.91 Å². The number of hydrogen-bond donors (Lipinski definition) is 2. The molecule has 0 radical (unpaired) electrons. The maximum atomic E-state index is 13.2. The Kier molecular flexibility index (Phi) is 5.70. The van der Waals surface area contributed by atoms with Crippen molar-refractivity contribution in [2.24, 2.45) is 5.10 Å². The Morgan fingerprint density at radius 2 is 1.68 bits per heavy atom. The summed E-state index contributed by atoms with van der Waals surface area (Å²) in [4.78, 5) is 13.2. The van der Waals surface area contributed by atoms with Gasteiger partial charge in [-0.2, -0.15) is 10.2 Å². The lowest BCUT2D eigenvalue weighted by molar-refractivity contribution is -0.121. The number of methoxy groups -OCH3 is 2. The van der Waals surface area contributed by atoms with Crippen LogP contribution in [0.4, 0.5) is 0 Å². The van der Waals surface area contributed by atoms with E-state index in [0.717, 1.165) is 22.4 Å². The van der Waals surface area contributed by atoms with Gasteiger partial charge in [0.05, 0.1) is 38.2 Å². The standard InChI is InChI=1S/C26H22N4O4/c1-32-22-12-11-16(13-23(22)33-2)25-17(14-27-29-25)15-28-30-26(31)24-18-7-3-5-9-20(18)34-21-10-6-4-8-19(21)24/h3-15,24H,1-2H3,(H,27,29)(H,30,31)/b28-15-. The van der Waals surface area contributed by atoms with Crippen molar-refractivity contribution in [2.75, 3.05) is 14.2 Å². The number of aromatic amines is 1. The lowest BCUT2D eigenvalue weighted by Crippen LogP contribution is -2.28. The van der Waals surface area contributed by atoms with E-state index < -0.39 is 5.92 Å². The van der Waals surface area contributed by atoms with Crippen LogP contribution in [0.15, 0.2) is 78.0 Å². The molecule has 0 bridgehead atoms. The van der Waals surface area contributed by atoms with Crippen molar-refractivity contribution in [3.63, 3.8) is 0 Å². The van der Waals surface area contributed by atoms with E-state index in [1.807, 2.05) is 66.7 Å². The minimum atomic E-state index is -0.534. The predicted molar refractivity (Wildman–Crippen MR) is 128 cm³/mol. The zero-order chi connectivity index (χ0) is 23.5. The quantitative estimate of drug-likeness (QED) is 0.331. The van der Waals surface area contributed by atoms with E-state index in [2.05, 4.69) is 20.7 Å². The summed E-state index contributed by atoms with van der Waals surface area (Å²) in [5, 5.41) is 11.3. The summed E-state index contributed by atoms with van der Waals surface area (Å²) in [7, 11) is 3.17. The molecule has 170 valence electrons. The molecule has 4 aromatic rings. The molecule has 0 atom stereocenters. The highest BCUT2D eigenvalue weighted by atomic mass is 16.5. The summed E-state index contributed by atoms with van der Waals surface area (Å²) in [6.07, 6.45) is 3.20. The number of benzene rings is 3. The van der Waals surface area contributed by atoms with Gasteiger partial charge in [0.2, 0.25) is 0 Å². The van der Waals surface area contributed by atoms with Crippen LogP contribution in [0.2, 0.25) is 0 Å². The fraction of sp³-hybridized carbons (Fsp3) is 0.115. The Bertz CT molecular complexity index is 1330. The van der Waals surface area contributed by atoms with Gasteiger partial charge < -0.3 is 14.2 Å². The monoisotopic (exact) mass is 454 g/mol. The minimum Gasteiger partial charge on any atom is -0.493 e. The van der Waals surface area contributed by atoms with Gasteiger partial charge in [-0.3, -0.25) is 9.89 Å². The third-order valence-electron chi connectivity index (χ3n) is 5.66. The maximum absolute atomic E-state index is 13.2. The third kappa shape index (κ3) is 3.86. The summed E-state index contributed by atoms with van der Waals surface area (Å²) < 4.78 is 16.7. The first-order chi connectivity index (χ1) is 16.7. The van der Waals surface area contributed by atoms with Crippen LogP contribution >= 0.6 is 0 Å². The number of para-hydroxylation sites is 2. The van der Waals surface area contributed by atoms with Crippen LogP contribution in [0, 0.1) is 0 Å². The summed E-state index contributed by atoms with van der Waals surface area (Å²) in [6.45, 7) is 0. The van der Waals surface area contributed by atoms with Crippen molar-refractivity contribution in [2.45, 2.75) is 5.92 Å². The van der Waals surface area contributed by atoms with Crippen LogP contribution in [0.5, 0.6) is 23.0 Å². The van der Waals surface area contributed by atoms with Crippen LogP contribution in [0.1, 0.15) is 22.6 Å². The SMILES string of the molecule is COc1ccc(-c2[nH]ncc2/C=N\NC(=O)C2c3ccccc3Oc3ccccc32)cc1OC. The van der Waals surface area contributed by atoms with Gasteiger partial charge in [0.15, 0.2) is 11.5 Å². The summed E-state index contributed by atoms with van der Waals surface area (Å²) in [5.41, 5.74) is 6.56. The van der Waals surface area contributed by atoms with Gasteiger partial charge >= 0.3 is 0 Å². The first-order valence-corrected chi connectivity index (χ1v) is 10.6. The zero-order valence-corrected chi connectivity index (χ0v) is 18.6. The summed E-state index contributed by atoms with van der Waals surface area (Å²) in [6, 6.07) is 20.6. The number of nitrogens with zero attached hydrogens (tertiary/aromatic N) is 2. The van der Waals surface area contributed by atoms with E-state index in [1.165, 1.54) is 0 Å². The molecule has 5 rings (SSSR count). The predicted octanol–water partition coefficient (Wildman–Crippen LogP) is 4.48. The highest BCUT2D eigenvalue weighted by Gasteiger charge is 2.32. The Hall–Kier alpha value is -4.59. The van der Waals surface area contributed by atoms with Crippen LogP contribution in [-0.2, 0) is 4.79 Å². The number of carbonyl (C=O) groups excluding carboxylic acids is 1.